The van der Waals surface area contributed by atoms with Gasteiger partial charge >= 0.3 is 0 Å². The van der Waals surface area contributed by atoms with Crippen LogP contribution in [0.5, 0.6) is 0 Å². The summed E-state index contributed by atoms with van der Waals surface area (Å²) in [7, 11) is 0. The molecule has 1 aromatic carbocycles. The third kappa shape index (κ3) is 1.78. The molecule has 3 aliphatic rings. The second-order valence-electron chi connectivity index (χ2n) is 5.72. The summed E-state index contributed by atoms with van der Waals surface area (Å²) < 4.78 is 5.58. The van der Waals surface area contributed by atoms with Gasteiger partial charge in [0.25, 0.3) is 0 Å². The molecule has 0 unspecified atom stereocenters. The molecular formula is C16H15NO4. The predicted molar refractivity (Wildman–Crippen MR) is 72.9 cm³/mol. The summed E-state index contributed by atoms with van der Waals surface area (Å²) in [5, 5.41) is 10.2. The van der Waals surface area contributed by atoms with Crippen LogP contribution in [-0.2, 0) is 14.3 Å². The molecule has 3 aliphatic heterocycles. The number of hydrogen-bond donors (Lipinski definition) is 1. The van der Waals surface area contributed by atoms with E-state index < -0.39 is 17.9 Å². The van der Waals surface area contributed by atoms with E-state index in [0.717, 1.165) is 0 Å². The predicted octanol–water partition coefficient (Wildman–Crippen LogP) is 0.658. The van der Waals surface area contributed by atoms with E-state index in [-0.39, 0.29) is 30.6 Å². The number of likely N-dealkylation sites (tertiary alicyclic amines) is 1. The molecule has 5 atom stereocenters. The number of carbonyl (C=O) groups is 2. The van der Waals surface area contributed by atoms with Crippen molar-refractivity contribution in [1.29, 1.82) is 0 Å². The van der Waals surface area contributed by atoms with E-state index in [9.17, 15) is 14.7 Å². The van der Waals surface area contributed by atoms with Crippen LogP contribution >= 0.6 is 0 Å². The molecule has 0 spiro atoms. The van der Waals surface area contributed by atoms with E-state index in [2.05, 4.69) is 0 Å². The molecule has 2 saturated heterocycles. The number of imide groups is 1. The van der Waals surface area contributed by atoms with Crippen molar-refractivity contribution in [3.8, 4) is 0 Å². The van der Waals surface area contributed by atoms with Crippen LogP contribution in [0.3, 0.4) is 0 Å². The SMILES string of the molecule is O=C1[C@@H]2[C@H](C(=O)N1C[C@H](O)c1ccccc1)[C@@H]1C=C[C@H]2O1. The monoisotopic (exact) mass is 285 g/mol. The van der Waals surface area contributed by atoms with Crippen LogP contribution < -0.4 is 0 Å². The van der Waals surface area contributed by atoms with E-state index in [0.29, 0.717) is 5.56 Å². The maximum absolute atomic E-state index is 12.4. The molecule has 108 valence electrons. The summed E-state index contributed by atoms with van der Waals surface area (Å²) >= 11 is 0. The highest BCUT2D eigenvalue weighted by atomic mass is 16.5. The first kappa shape index (κ1) is 12.7. The fourth-order valence-corrected chi connectivity index (χ4v) is 3.50. The number of β-amino-alcohol motifs (C(OH)–C–C–N with tert-alkyl or cyclic N) is 1. The minimum Gasteiger partial charge on any atom is -0.387 e. The Morgan fingerprint density at radius 1 is 1.05 bits per heavy atom. The van der Waals surface area contributed by atoms with Crippen LogP contribution in [0, 0.1) is 11.8 Å². The summed E-state index contributed by atoms with van der Waals surface area (Å²) in [6.07, 6.45) is 2.29. The summed E-state index contributed by atoms with van der Waals surface area (Å²) in [5.74, 6) is -1.26. The molecule has 1 aromatic rings. The first-order chi connectivity index (χ1) is 10.2. The molecule has 3 heterocycles. The van der Waals surface area contributed by atoms with Gasteiger partial charge in [0.2, 0.25) is 11.8 Å². The Hall–Kier alpha value is -1.98. The highest BCUT2D eigenvalue weighted by Gasteiger charge is 2.60. The normalized spacial score (nSPS) is 34.6. The van der Waals surface area contributed by atoms with Crippen molar-refractivity contribution in [2.75, 3.05) is 6.54 Å². The first-order valence-corrected chi connectivity index (χ1v) is 7.09. The Labute approximate surface area is 121 Å². The van der Waals surface area contributed by atoms with Crippen molar-refractivity contribution >= 4 is 11.8 Å². The quantitative estimate of drug-likeness (QED) is 0.654. The number of ether oxygens (including phenoxy) is 1. The Balaban J connectivity index is 1.55. The fraction of sp³-hybridized carbons (Fsp3) is 0.375. The molecule has 2 bridgehead atoms. The lowest BCUT2D eigenvalue weighted by atomic mass is 9.85. The highest BCUT2D eigenvalue weighted by molar-refractivity contribution is 6.06. The topological polar surface area (TPSA) is 66.8 Å². The van der Waals surface area contributed by atoms with E-state index in [4.69, 9.17) is 4.74 Å². The maximum atomic E-state index is 12.4. The van der Waals surface area contributed by atoms with Crippen LogP contribution in [0.4, 0.5) is 0 Å². The van der Waals surface area contributed by atoms with Crippen molar-refractivity contribution in [1.82, 2.24) is 4.90 Å². The molecule has 1 N–H and O–H groups in total. The number of aliphatic hydroxyl groups is 1. The second-order valence-corrected chi connectivity index (χ2v) is 5.72. The Kier molecular flexibility index (Phi) is 2.74. The molecule has 0 aliphatic carbocycles. The molecule has 21 heavy (non-hydrogen) atoms. The first-order valence-electron chi connectivity index (χ1n) is 7.09. The van der Waals surface area contributed by atoms with Gasteiger partial charge in [0.05, 0.1) is 36.7 Å². The van der Waals surface area contributed by atoms with E-state index >= 15 is 0 Å². The lowest BCUT2D eigenvalue weighted by Gasteiger charge is -2.21. The number of hydrogen-bond acceptors (Lipinski definition) is 4. The minimum absolute atomic E-state index is 0.00806. The molecule has 0 saturated carbocycles. The molecule has 5 heteroatoms. The summed E-state index contributed by atoms with van der Waals surface area (Å²) in [6, 6.07) is 9.06. The second kappa shape index (κ2) is 4.51. The molecular weight excluding hydrogens is 270 g/mol. The molecule has 2 amide bonds. The van der Waals surface area contributed by atoms with Crippen LogP contribution in [0.1, 0.15) is 11.7 Å². The van der Waals surface area contributed by atoms with Crippen molar-refractivity contribution in [2.24, 2.45) is 11.8 Å². The fourth-order valence-electron chi connectivity index (χ4n) is 3.50. The van der Waals surface area contributed by atoms with Gasteiger partial charge in [-0.2, -0.15) is 0 Å². The van der Waals surface area contributed by atoms with Crippen LogP contribution in [-0.4, -0.2) is 40.6 Å². The van der Waals surface area contributed by atoms with Crippen molar-refractivity contribution < 1.29 is 19.4 Å². The zero-order valence-electron chi connectivity index (χ0n) is 11.3. The number of rotatable bonds is 3. The third-order valence-corrected chi connectivity index (χ3v) is 4.54. The summed E-state index contributed by atoms with van der Waals surface area (Å²) in [5.41, 5.74) is 0.701. The number of aliphatic hydroxyl groups excluding tert-OH is 1. The van der Waals surface area contributed by atoms with Gasteiger partial charge in [-0.25, -0.2) is 0 Å². The lowest BCUT2D eigenvalue weighted by Crippen LogP contribution is -2.37. The molecule has 0 radical (unpaired) electrons. The van der Waals surface area contributed by atoms with Crippen molar-refractivity contribution in [2.45, 2.75) is 18.3 Å². The lowest BCUT2D eigenvalue weighted by molar-refractivity contribution is -0.144. The Morgan fingerprint density at radius 2 is 1.62 bits per heavy atom. The zero-order valence-corrected chi connectivity index (χ0v) is 11.3. The zero-order chi connectivity index (χ0) is 14.6. The average molecular weight is 285 g/mol. The van der Waals surface area contributed by atoms with Gasteiger partial charge in [-0.05, 0) is 5.56 Å². The van der Waals surface area contributed by atoms with Gasteiger partial charge in [-0.15, -0.1) is 0 Å². The molecule has 5 nitrogen and oxygen atoms in total. The van der Waals surface area contributed by atoms with Crippen LogP contribution in [0.2, 0.25) is 0 Å². The van der Waals surface area contributed by atoms with Gasteiger partial charge in [0, 0.05) is 0 Å². The van der Waals surface area contributed by atoms with Gasteiger partial charge in [-0.3, -0.25) is 14.5 Å². The Bertz CT molecular complexity index is 596. The van der Waals surface area contributed by atoms with Gasteiger partial charge in [-0.1, -0.05) is 42.5 Å². The maximum Gasteiger partial charge on any atom is 0.236 e. The molecule has 0 aromatic heterocycles. The van der Waals surface area contributed by atoms with Gasteiger partial charge < -0.3 is 9.84 Å². The number of nitrogens with zero attached hydrogens (tertiary/aromatic N) is 1. The van der Waals surface area contributed by atoms with E-state index in [1.165, 1.54) is 4.90 Å². The molecule has 4 rings (SSSR count). The highest BCUT2D eigenvalue weighted by Crippen LogP contribution is 2.45. The minimum atomic E-state index is -0.857. The summed E-state index contributed by atoms with van der Waals surface area (Å²) in [6.45, 7) is 0.00806. The number of fused-ring (bicyclic) bond motifs is 5. The van der Waals surface area contributed by atoms with Crippen molar-refractivity contribution in [3.63, 3.8) is 0 Å². The van der Waals surface area contributed by atoms with Crippen LogP contribution in [0.25, 0.3) is 0 Å². The number of carbonyl (C=O) groups excluding carboxylic acids is 2. The summed E-state index contributed by atoms with van der Waals surface area (Å²) in [4.78, 5) is 26.1. The van der Waals surface area contributed by atoms with E-state index in [1.54, 1.807) is 12.1 Å². The van der Waals surface area contributed by atoms with Gasteiger partial charge in [0.1, 0.15) is 0 Å². The number of benzene rings is 1. The molecule has 2 fully saturated rings. The van der Waals surface area contributed by atoms with Crippen molar-refractivity contribution in [3.05, 3.63) is 48.0 Å². The largest absolute Gasteiger partial charge is 0.387 e. The smallest absolute Gasteiger partial charge is 0.236 e. The van der Waals surface area contributed by atoms with E-state index in [1.807, 2.05) is 30.4 Å². The third-order valence-electron chi connectivity index (χ3n) is 4.54. The standard InChI is InChI=1S/C16H15NO4/c18-10(9-4-2-1-3-5-9)8-17-15(19)13-11-6-7-12(21-11)14(13)16(17)20/h1-7,10-14,18H,8H2/t10-,11-,12+,13+,14-/m0/s1. The number of amides is 2. The average Bonchev–Trinajstić information content (AvgIpc) is 3.18. The van der Waals surface area contributed by atoms with Gasteiger partial charge in [0.15, 0.2) is 0 Å². The van der Waals surface area contributed by atoms with Crippen LogP contribution in [0.15, 0.2) is 42.5 Å². The Morgan fingerprint density at radius 3 is 2.19 bits per heavy atom.